The molecule has 4 rings (SSSR count). The SMILES string of the molecule is COc1ccc(N(C(=O)c2ccc(S(=O)(=O)N(C)C)cc2)C(C(=O)NC2CCCCC2)c2ccc(F)cc2)cc1. The molecular formula is C30H34FN3O5S. The van der Waals surface area contributed by atoms with E-state index in [1.54, 1.807) is 24.3 Å². The van der Waals surface area contributed by atoms with Gasteiger partial charge in [0.15, 0.2) is 0 Å². The predicted octanol–water partition coefficient (Wildman–Crippen LogP) is 4.92. The Morgan fingerprint density at radius 3 is 2.05 bits per heavy atom. The van der Waals surface area contributed by atoms with Crippen molar-refractivity contribution >= 4 is 27.5 Å². The number of ether oxygens (including phenoxy) is 1. The molecule has 0 aliphatic heterocycles. The first-order valence-corrected chi connectivity index (χ1v) is 14.6. The van der Waals surface area contributed by atoms with Crippen LogP contribution in [0.4, 0.5) is 10.1 Å². The van der Waals surface area contributed by atoms with Crippen LogP contribution in [0.25, 0.3) is 0 Å². The fourth-order valence-corrected chi connectivity index (χ4v) is 5.74. The third-order valence-corrected chi connectivity index (χ3v) is 8.92. The van der Waals surface area contributed by atoms with Crippen molar-refractivity contribution in [3.8, 4) is 5.75 Å². The van der Waals surface area contributed by atoms with Crippen molar-refractivity contribution in [1.82, 2.24) is 9.62 Å². The van der Waals surface area contributed by atoms with Crippen LogP contribution in [-0.2, 0) is 14.8 Å². The van der Waals surface area contributed by atoms with Crippen LogP contribution in [0.2, 0.25) is 0 Å². The van der Waals surface area contributed by atoms with Crippen molar-refractivity contribution in [3.05, 3.63) is 89.7 Å². The molecule has 2 amide bonds. The average Bonchev–Trinajstić information content (AvgIpc) is 2.96. The number of hydrogen-bond donors (Lipinski definition) is 1. The molecule has 40 heavy (non-hydrogen) atoms. The van der Waals surface area contributed by atoms with E-state index < -0.39 is 27.8 Å². The highest BCUT2D eigenvalue weighted by Crippen LogP contribution is 2.32. The van der Waals surface area contributed by atoms with Crippen molar-refractivity contribution in [2.45, 2.75) is 49.1 Å². The lowest BCUT2D eigenvalue weighted by Gasteiger charge is -2.33. The van der Waals surface area contributed by atoms with Crippen molar-refractivity contribution in [1.29, 1.82) is 0 Å². The summed E-state index contributed by atoms with van der Waals surface area (Å²) in [7, 11) is 0.687. The first kappa shape index (κ1) is 29.2. The molecule has 3 aromatic carbocycles. The van der Waals surface area contributed by atoms with Gasteiger partial charge >= 0.3 is 0 Å². The minimum absolute atomic E-state index is 0.0208. The van der Waals surface area contributed by atoms with Crippen molar-refractivity contribution in [2.75, 3.05) is 26.1 Å². The van der Waals surface area contributed by atoms with Gasteiger partial charge in [-0.1, -0.05) is 31.4 Å². The highest BCUT2D eigenvalue weighted by molar-refractivity contribution is 7.89. The number of halogens is 1. The Labute approximate surface area is 234 Å². The smallest absolute Gasteiger partial charge is 0.259 e. The van der Waals surface area contributed by atoms with Crippen LogP contribution in [0.5, 0.6) is 5.75 Å². The molecule has 1 fully saturated rings. The number of sulfonamides is 1. The number of amides is 2. The molecular weight excluding hydrogens is 533 g/mol. The molecule has 8 nitrogen and oxygen atoms in total. The number of benzene rings is 3. The lowest BCUT2D eigenvalue weighted by Crippen LogP contribution is -2.47. The summed E-state index contributed by atoms with van der Waals surface area (Å²) in [5.41, 5.74) is 1.04. The second-order valence-corrected chi connectivity index (χ2v) is 12.1. The minimum Gasteiger partial charge on any atom is -0.497 e. The molecule has 1 saturated carbocycles. The largest absolute Gasteiger partial charge is 0.497 e. The number of nitrogens with zero attached hydrogens (tertiary/aromatic N) is 2. The summed E-state index contributed by atoms with van der Waals surface area (Å²) in [5.74, 6) is -0.795. The van der Waals surface area contributed by atoms with Gasteiger partial charge in [-0.3, -0.25) is 14.5 Å². The Kier molecular flexibility index (Phi) is 9.21. The quantitative estimate of drug-likeness (QED) is 0.396. The van der Waals surface area contributed by atoms with E-state index in [1.165, 1.54) is 74.6 Å². The molecule has 1 aliphatic carbocycles. The molecule has 1 unspecified atom stereocenters. The predicted molar refractivity (Wildman–Crippen MR) is 151 cm³/mol. The lowest BCUT2D eigenvalue weighted by atomic mass is 9.94. The first-order chi connectivity index (χ1) is 19.1. The lowest BCUT2D eigenvalue weighted by molar-refractivity contribution is -0.123. The zero-order valence-electron chi connectivity index (χ0n) is 22.8. The summed E-state index contributed by atoms with van der Waals surface area (Å²) in [6.45, 7) is 0. The fraction of sp³-hybridized carbons (Fsp3) is 0.333. The highest BCUT2D eigenvalue weighted by atomic mass is 32.2. The highest BCUT2D eigenvalue weighted by Gasteiger charge is 2.35. The molecule has 0 saturated heterocycles. The zero-order valence-corrected chi connectivity index (χ0v) is 23.7. The van der Waals surface area contributed by atoms with Gasteiger partial charge < -0.3 is 10.1 Å². The van der Waals surface area contributed by atoms with Crippen LogP contribution in [0.3, 0.4) is 0 Å². The molecule has 0 heterocycles. The average molecular weight is 568 g/mol. The van der Waals surface area contributed by atoms with Gasteiger partial charge in [-0.2, -0.15) is 0 Å². The standard InChI is InChI=1S/C30H34FN3O5S/c1-33(2)40(37,38)27-19-11-22(12-20-27)30(36)34(25-15-17-26(39-3)18-16-25)28(21-9-13-23(31)14-10-21)29(35)32-24-7-5-4-6-8-24/h9-20,24,28H,4-8H2,1-3H3,(H,32,35). The fourth-order valence-electron chi connectivity index (χ4n) is 4.84. The number of hydrogen-bond acceptors (Lipinski definition) is 5. The van der Waals surface area contributed by atoms with Crippen molar-refractivity contribution < 1.29 is 27.1 Å². The van der Waals surface area contributed by atoms with Gasteiger partial charge in [-0.15, -0.1) is 0 Å². The van der Waals surface area contributed by atoms with Crippen LogP contribution in [0.15, 0.2) is 77.7 Å². The van der Waals surface area contributed by atoms with E-state index in [2.05, 4.69) is 5.32 Å². The molecule has 3 aromatic rings. The number of nitrogens with one attached hydrogen (secondary N) is 1. The van der Waals surface area contributed by atoms with Crippen LogP contribution >= 0.6 is 0 Å². The van der Waals surface area contributed by atoms with E-state index in [-0.39, 0.29) is 22.4 Å². The number of carbonyl (C=O) groups is 2. The molecule has 1 atom stereocenters. The van der Waals surface area contributed by atoms with Gasteiger partial charge in [0.1, 0.15) is 17.6 Å². The second kappa shape index (κ2) is 12.6. The third kappa shape index (κ3) is 6.51. The maximum absolute atomic E-state index is 14.2. The molecule has 212 valence electrons. The second-order valence-electron chi connectivity index (χ2n) is 9.98. The van der Waals surface area contributed by atoms with Crippen LogP contribution in [0.1, 0.15) is 54.1 Å². The van der Waals surface area contributed by atoms with Crippen LogP contribution < -0.4 is 15.0 Å². The molecule has 0 bridgehead atoms. The topological polar surface area (TPSA) is 96.0 Å². The summed E-state index contributed by atoms with van der Waals surface area (Å²) in [5, 5.41) is 3.12. The summed E-state index contributed by atoms with van der Waals surface area (Å²) < 4.78 is 45.4. The van der Waals surface area contributed by atoms with E-state index in [0.29, 0.717) is 17.0 Å². The number of carbonyl (C=O) groups excluding carboxylic acids is 2. The summed E-state index contributed by atoms with van der Waals surface area (Å²) in [6, 6.07) is 16.7. The number of anilines is 1. The van der Waals surface area contributed by atoms with Crippen molar-refractivity contribution in [3.63, 3.8) is 0 Å². The van der Waals surface area contributed by atoms with Crippen molar-refractivity contribution in [2.24, 2.45) is 0 Å². The number of methoxy groups -OCH3 is 1. The Bertz CT molecular complexity index is 1420. The Morgan fingerprint density at radius 2 is 1.50 bits per heavy atom. The maximum atomic E-state index is 14.2. The van der Waals surface area contributed by atoms with Gasteiger partial charge in [-0.05, 0) is 79.1 Å². The Balaban J connectivity index is 1.80. The monoisotopic (exact) mass is 567 g/mol. The van der Waals surface area contributed by atoms with Gasteiger partial charge in [0, 0.05) is 31.4 Å². The van der Waals surface area contributed by atoms with E-state index in [4.69, 9.17) is 4.74 Å². The molecule has 10 heteroatoms. The summed E-state index contributed by atoms with van der Waals surface area (Å²) in [4.78, 5) is 29.5. The van der Waals surface area contributed by atoms with Crippen LogP contribution in [-0.4, -0.2) is 51.8 Å². The first-order valence-electron chi connectivity index (χ1n) is 13.2. The minimum atomic E-state index is -3.70. The van der Waals surface area contributed by atoms with E-state index in [1.807, 2.05) is 0 Å². The molecule has 0 spiro atoms. The summed E-state index contributed by atoms with van der Waals surface area (Å²) >= 11 is 0. The maximum Gasteiger partial charge on any atom is 0.259 e. The molecule has 1 aliphatic rings. The van der Waals surface area contributed by atoms with Gasteiger partial charge in [0.05, 0.1) is 12.0 Å². The Hall–Kier alpha value is -3.76. The van der Waals surface area contributed by atoms with Gasteiger partial charge in [0.25, 0.3) is 5.91 Å². The normalized spacial score (nSPS) is 14.9. The molecule has 1 N–H and O–H groups in total. The molecule has 0 aromatic heterocycles. The third-order valence-electron chi connectivity index (χ3n) is 7.09. The van der Waals surface area contributed by atoms with E-state index >= 15 is 0 Å². The summed E-state index contributed by atoms with van der Waals surface area (Å²) in [6.07, 6.45) is 4.83. The van der Waals surface area contributed by atoms with Gasteiger partial charge in [0.2, 0.25) is 15.9 Å². The van der Waals surface area contributed by atoms with Crippen LogP contribution in [0, 0.1) is 5.82 Å². The molecule has 0 radical (unpaired) electrons. The van der Waals surface area contributed by atoms with E-state index in [9.17, 15) is 22.4 Å². The Morgan fingerprint density at radius 1 is 0.900 bits per heavy atom. The number of rotatable bonds is 9. The zero-order chi connectivity index (χ0) is 28.9. The van der Waals surface area contributed by atoms with Gasteiger partial charge in [-0.25, -0.2) is 17.1 Å². The van der Waals surface area contributed by atoms with E-state index in [0.717, 1.165) is 36.4 Å².